The predicted molar refractivity (Wildman–Crippen MR) is 124 cm³/mol. The van der Waals surface area contributed by atoms with E-state index in [1.807, 2.05) is 19.1 Å². The summed E-state index contributed by atoms with van der Waals surface area (Å²) in [5.74, 6) is 0.275. The van der Waals surface area contributed by atoms with Crippen molar-refractivity contribution in [2.45, 2.75) is 50.8 Å². The number of ether oxygens (including phenoxy) is 1. The van der Waals surface area contributed by atoms with E-state index in [1.165, 1.54) is 7.11 Å². The number of aryl methyl sites for hydroxylation is 1. The Balaban J connectivity index is 1.43. The lowest BCUT2D eigenvalue weighted by molar-refractivity contribution is -0.167. The molecule has 1 saturated heterocycles. The average molecular weight is 472 g/mol. The van der Waals surface area contributed by atoms with Gasteiger partial charge in [0.15, 0.2) is 5.78 Å². The molecule has 33 heavy (non-hydrogen) atoms. The third-order valence-corrected chi connectivity index (χ3v) is 11.2. The summed E-state index contributed by atoms with van der Waals surface area (Å²) in [4.78, 5) is 26.0. The summed E-state index contributed by atoms with van der Waals surface area (Å²) in [6.45, 7) is 5.20. The summed E-state index contributed by atoms with van der Waals surface area (Å²) < 4.78 is 33.4. The molecule has 0 radical (unpaired) electrons. The van der Waals surface area contributed by atoms with Crippen LogP contribution in [0.1, 0.15) is 44.6 Å². The molecule has 0 aromatic heterocycles. The van der Waals surface area contributed by atoms with Crippen molar-refractivity contribution in [2.75, 3.05) is 20.2 Å². The van der Waals surface area contributed by atoms with Crippen LogP contribution in [0.3, 0.4) is 0 Å². The highest BCUT2D eigenvalue weighted by Crippen LogP contribution is 2.63. The van der Waals surface area contributed by atoms with Crippen molar-refractivity contribution in [1.82, 2.24) is 4.31 Å². The average Bonchev–Trinajstić information content (AvgIpc) is 3.15. The molecule has 4 aliphatic rings. The number of hydrogen-bond donors (Lipinski definition) is 0. The summed E-state index contributed by atoms with van der Waals surface area (Å²) in [6.07, 6.45) is 7.66. The van der Waals surface area contributed by atoms with E-state index >= 15 is 0 Å². The van der Waals surface area contributed by atoms with Gasteiger partial charge in [-0.2, -0.15) is 4.31 Å². The molecular weight excluding hydrogens is 438 g/mol. The van der Waals surface area contributed by atoms with E-state index in [1.54, 1.807) is 16.4 Å². The molecule has 0 bridgehead atoms. The van der Waals surface area contributed by atoms with Gasteiger partial charge in [-0.3, -0.25) is 9.59 Å². The van der Waals surface area contributed by atoms with Crippen molar-refractivity contribution >= 4 is 21.8 Å². The molecule has 0 unspecified atom stereocenters. The summed E-state index contributed by atoms with van der Waals surface area (Å²) in [5.41, 5.74) is -0.00175. The van der Waals surface area contributed by atoms with E-state index in [9.17, 15) is 18.0 Å². The second kappa shape index (κ2) is 7.77. The van der Waals surface area contributed by atoms with Crippen LogP contribution in [0.15, 0.2) is 41.3 Å². The van der Waals surface area contributed by atoms with Gasteiger partial charge in [-0.05, 0) is 73.8 Å². The van der Waals surface area contributed by atoms with Crippen molar-refractivity contribution in [3.05, 3.63) is 42.0 Å². The normalized spacial score (nSPS) is 38.3. The number of methoxy groups -OCH3 is 1. The minimum atomic E-state index is -3.54. The second-order valence-electron chi connectivity index (χ2n) is 10.7. The van der Waals surface area contributed by atoms with Gasteiger partial charge in [0.25, 0.3) is 0 Å². The molecule has 3 fully saturated rings. The molecule has 6 nitrogen and oxygen atoms in total. The van der Waals surface area contributed by atoms with Gasteiger partial charge in [0.1, 0.15) is 5.41 Å². The number of fused-ring (bicyclic) bond motifs is 5. The molecule has 1 heterocycles. The number of esters is 1. The second-order valence-corrected chi connectivity index (χ2v) is 12.6. The van der Waals surface area contributed by atoms with E-state index in [0.717, 1.165) is 24.8 Å². The first-order valence-electron chi connectivity index (χ1n) is 12.0. The fraction of sp³-hybridized carbons (Fsp3) is 0.615. The minimum absolute atomic E-state index is 0.0143. The fourth-order valence-corrected chi connectivity index (χ4v) is 8.87. The summed E-state index contributed by atoms with van der Waals surface area (Å²) in [7, 11) is -2.16. The van der Waals surface area contributed by atoms with Crippen LogP contribution in [0.25, 0.3) is 0 Å². The lowest BCUT2D eigenvalue weighted by atomic mass is 9.48. The Hall–Kier alpha value is -1.99. The minimum Gasteiger partial charge on any atom is -0.468 e. The lowest BCUT2D eigenvalue weighted by Crippen LogP contribution is -2.58. The van der Waals surface area contributed by atoms with Crippen LogP contribution in [0.4, 0.5) is 0 Å². The van der Waals surface area contributed by atoms with Gasteiger partial charge in [0.2, 0.25) is 10.0 Å². The topological polar surface area (TPSA) is 80.8 Å². The smallest absolute Gasteiger partial charge is 0.319 e. The van der Waals surface area contributed by atoms with Gasteiger partial charge in [0, 0.05) is 19.5 Å². The molecule has 2 saturated carbocycles. The number of allylic oxidation sites excluding steroid dienone is 1. The van der Waals surface area contributed by atoms with Crippen molar-refractivity contribution in [2.24, 2.45) is 34.5 Å². The van der Waals surface area contributed by atoms with Crippen LogP contribution in [0.5, 0.6) is 0 Å². The molecule has 7 heteroatoms. The van der Waals surface area contributed by atoms with E-state index in [2.05, 4.69) is 19.1 Å². The highest BCUT2D eigenvalue weighted by molar-refractivity contribution is 7.89. The van der Waals surface area contributed by atoms with Crippen LogP contribution >= 0.6 is 0 Å². The van der Waals surface area contributed by atoms with Crippen molar-refractivity contribution in [3.63, 3.8) is 0 Å². The number of ketones is 1. The van der Waals surface area contributed by atoms with Gasteiger partial charge in [-0.25, -0.2) is 8.42 Å². The zero-order valence-corrected chi connectivity index (χ0v) is 20.4. The van der Waals surface area contributed by atoms with Crippen LogP contribution < -0.4 is 0 Å². The molecular formula is C26H33NO5S. The number of rotatable bonds is 3. The van der Waals surface area contributed by atoms with E-state index in [4.69, 9.17) is 4.74 Å². The van der Waals surface area contributed by atoms with E-state index in [-0.39, 0.29) is 34.9 Å². The van der Waals surface area contributed by atoms with Gasteiger partial charge in [-0.1, -0.05) is 36.8 Å². The predicted octanol–water partition coefficient (Wildman–Crippen LogP) is 3.75. The first-order chi connectivity index (χ1) is 15.6. The molecule has 1 aromatic carbocycles. The Labute approximate surface area is 196 Å². The number of benzene rings is 1. The van der Waals surface area contributed by atoms with Crippen molar-refractivity contribution < 1.29 is 22.7 Å². The molecule has 1 aliphatic heterocycles. The highest BCUT2D eigenvalue weighted by atomic mass is 32.2. The maximum Gasteiger partial charge on any atom is 0.319 e. The largest absolute Gasteiger partial charge is 0.468 e. The maximum absolute atomic E-state index is 13.3. The molecule has 0 spiro atoms. The molecule has 178 valence electrons. The zero-order valence-electron chi connectivity index (χ0n) is 19.6. The number of hydrogen-bond acceptors (Lipinski definition) is 5. The summed E-state index contributed by atoms with van der Waals surface area (Å²) >= 11 is 0. The molecule has 0 amide bonds. The SMILES string of the molecule is COC(=O)[C@]12CC[C@H]3[C@@H](C=C[C@H]4CN(S(=O)(=O)c5ccc(C)cc5)CC[C@@]43C)[C@@H]1CCC2=O. The van der Waals surface area contributed by atoms with Crippen molar-refractivity contribution in [1.29, 1.82) is 0 Å². The van der Waals surface area contributed by atoms with Gasteiger partial charge < -0.3 is 4.74 Å². The first-order valence-corrected chi connectivity index (χ1v) is 13.5. The van der Waals surface area contributed by atoms with Crippen LogP contribution in [-0.2, 0) is 24.3 Å². The quantitative estimate of drug-likeness (QED) is 0.381. The lowest BCUT2D eigenvalue weighted by Gasteiger charge is -2.57. The summed E-state index contributed by atoms with van der Waals surface area (Å²) in [5, 5.41) is 0. The monoisotopic (exact) mass is 471 g/mol. The first kappa shape index (κ1) is 22.8. The Morgan fingerprint density at radius 1 is 1.09 bits per heavy atom. The van der Waals surface area contributed by atoms with Crippen LogP contribution in [0, 0.1) is 41.4 Å². The molecule has 0 N–H and O–H groups in total. The Bertz CT molecular complexity index is 1110. The Morgan fingerprint density at radius 3 is 2.52 bits per heavy atom. The van der Waals surface area contributed by atoms with Gasteiger partial charge >= 0.3 is 5.97 Å². The van der Waals surface area contributed by atoms with E-state index < -0.39 is 15.4 Å². The van der Waals surface area contributed by atoms with E-state index in [0.29, 0.717) is 36.7 Å². The van der Waals surface area contributed by atoms with Crippen LogP contribution in [-0.4, -0.2) is 44.7 Å². The molecule has 6 atom stereocenters. The van der Waals surface area contributed by atoms with Crippen molar-refractivity contribution in [3.8, 4) is 0 Å². The molecule has 1 aromatic rings. The molecule has 3 aliphatic carbocycles. The third-order valence-electron chi connectivity index (χ3n) is 9.36. The number of carbonyl (C=O) groups is 2. The zero-order chi connectivity index (χ0) is 23.6. The van der Waals surface area contributed by atoms with Gasteiger partial charge in [0.05, 0.1) is 12.0 Å². The van der Waals surface area contributed by atoms with Crippen LogP contribution in [0.2, 0.25) is 0 Å². The van der Waals surface area contributed by atoms with Gasteiger partial charge in [-0.15, -0.1) is 0 Å². The third kappa shape index (κ3) is 3.18. The maximum atomic E-state index is 13.3. The number of piperidine rings is 1. The standard InChI is InChI=1S/C26H33NO5S/c1-17-4-7-19(8-5-17)33(30,31)27-15-14-25(2)18(16-27)6-9-20-21(25)12-13-26(24(29)32-3)22(20)10-11-23(26)28/h4-9,18,20-22H,10-16H2,1-3H3/t18-,20+,21-,22-,25-,26+/m0/s1. The number of carbonyl (C=O) groups excluding carboxylic acids is 2. The molecule has 5 rings (SSSR count). The number of sulfonamides is 1. The summed E-state index contributed by atoms with van der Waals surface area (Å²) in [6, 6.07) is 7.06. The Kier molecular flexibility index (Phi) is 5.37. The Morgan fingerprint density at radius 2 is 1.82 bits per heavy atom. The fourth-order valence-electron chi connectivity index (χ4n) is 7.40. The number of nitrogens with zero attached hydrogens (tertiary/aromatic N) is 1. The number of Topliss-reactive ketones (excluding diaryl/α,β-unsaturated/α-hetero) is 1. The highest BCUT2D eigenvalue weighted by Gasteiger charge is 2.64.